The van der Waals surface area contributed by atoms with Gasteiger partial charge in [-0.1, -0.05) is 30.3 Å². The minimum absolute atomic E-state index is 0.00293. The van der Waals surface area contributed by atoms with Crippen molar-refractivity contribution in [3.8, 4) is 5.75 Å². The van der Waals surface area contributed by atoms with Crippen molar-refractivity contribution in [2.75, 3.05) is 41.5 Å². The highest BCUT2D eigenvalue weighted by molar-refractivity contribution is 7.90. The number of sulfone groups is 1. The van der Waals surface area contributed by atoms with Crippen molar-refractivity contribution in [3.05, 3.63) is 113 Å². The second-order valence-corrected chi connectivity index (χ2v) is 16.6. The van der Waals surface area contributed by atoms with Crippen LogP contribution in [0.25, 0.3) is 0 Å². The van der Waals surface area contributed by atoms with Crippen LogP contribution in [0.15, 0.2) is 79.1 Å². The predicted octanol–water partition coefficient (Wildman–Crippen LogP) is 10.5. The highest BCUT2D eigenvalue weighted by atomic mass is 32.2. The number of alkyl halides is 9. The molecule has 7 nitrogen and oxygen atoms in total. The van der Waals surface area contributed by atoms with Crippen molar-refractivity contribution in [1.82, 2.24) is 9.97 Å². The summed E-state index contributed by atoms with van der Waals surface area (Å²) in [5.41, 5.74) is -2.80. The van der Waals surface area contributed by atoms with Crippen LogP contribution in [0, 0.1) is 5.92 Å². The van der Waals surface area contributed by atoms with Gasteiger partial charge < -0.3 is 14.5 Å². The van der Waals surface area contributed by atoms with Crippen molar-refractivity contribution < 1.29 is 52.7 Å². The summed E-state index contributed by atoms with van der Waals surface area (Å²) >= 11 is 0. The van der Waals surface area contributed by atoms with Crippen LogP contribution in [0.2, 0.25) is 0 Å². The van der Waals surface area contributed by atoms with Crippen molar-refractivity contribution in [3.63, 3.8) is 0 Å². The number of halogens is 9. The summed E-state index contributed by atoms with van der Waals surface area (Å²) in [6.45, 7) is 3.34. The van der Waals surface area contributed by atoms with Gasteiger partial charge in [-0.2, -0.15) is 39.5 Å². The lowest BCUT2D eigenvalue weighted by Gasteiger charge is -2.36. The zero-order valence-corrected chi connectivity index (χ0v) is 32.2. The van der Waals surface area contributed by atoms with Crippen LogP contribution < -0.4 is 14.5 Å². The molecule has 4 aromatic rings. The summed E-state index contributed by atoms with van der Waals surface area (Å²) in [6, 6.07) is 13.1. The Morgan fingerprint density at radius 3 is 1.89 bits per heavy atom. The maximum Gasteiger partial charge on any atom is 0.416 e. The van der Waals surface area contributed by atoms with Gasteiger partial charge in [0.05, 0.1) is 40.9 Å². The van der Waals surface area contributed by atoms with Crippen LogP contribution >= 0.6 is 0 Å². The van der Waals surface area contributed by atoms with Gasteiger partial charge in [0.2, 0.25) is 5.95 Å². The number of benzene rings is 3. The van der Waals surface area contributed by atoms with Crippen LogP contribution in [-0.2, 0) is 34.9 Å². The Balaban J connectivity index is 1.54. The van der Waals surface area contributed by atoms with E-state index in [9.17, 15) is 47.9 Å². The van der Waals surface area contributed by atoms with Gasteiger partial charge in [0, 0.05) is 31.6 Å². The molecule has 5 rings (SSSR count). The molecule has 0 saturated heterocycles. The first kappa shape index (κ1) is 43.6. The van der Waals surface area contributed by atoms with Crippen molar-refractivity contribution in [2.45, 2.75) is 76.6 Å². The molecule has 17 heteroatoms. The maximum absolute atomic E-state index is 14.2. The van der Waals surface area contributed by atoms with Gasteiger partial charge >= 0.3 is 18.5 Å². The molecule has 1 unspecified atom stereocenters. The van der Waals surface area contributed by atoms with Gasteiger partial charge in [-0.25, -0.2) is 18.4 Å². The molecule has 0 bridgehead atoms. The van der Waals surface area contributed by atoms with Crippen LogP contribution in [0.3, 0.4) is 0 Å². The summed E-state index contributed by atoms with van der Waals surface area (Å²) in [5.74, 6) is 0.0243. The van der Waals surface area contributed by atoms with Gasteiger partial charge in [0.25, 0.3) is 0 Å². The zero-order valence-electron chi connectivity index (χ0n) is 31.4. The third-order valence-electron chi connectivity index (χ3n) is 10.2. The summed E-state index contributed by atoms with van der Waals surface area (Å²) in [7, 11) is -3.39. The van der Waals surface area contributed by atoms with Crippen LogP contribution in [-0.4, -0.2) is 50.1 Å². The standard InChI is InChI=1S/C40H43F9N4O3S/c1-4-52(24-27-10-12-29(13-11-27)28-8-6-5-7-9-28)36-15-14-32(38(41,42)43)20-31(36)25-53(37-50-22-35(23-51-37)56-16-17-57(3,54)55)26(2)30-18-33(39(44,45)46)21-34(19-30)40(47,48)49/h5-9,14-15,18-23,26-27,29H,4,10-13,16-17,24-25H2,1-3H3. The van der Waals surface area contributed by atoms with Gasteiger partial charge in [-0.05, 0) is 104 Å². The summed E-state index contributed by atoms with van der Waals surface area (Å²) in [4.78, 5) is 11.6. The molecule has 1 fully saturated rings. The monoisotopic (exact) mass is 830 g/mol. The van der Waals surface area contributed by atoms with Crippen molar-refractivity contribution in [2.24, 2.45) is 5.92 Å². The lowest BCUT2D eigenvalue weighted by Crippen LogP contribution is -2.34. The number of rotatable bonds is 14. The van der Waals surface area contributed by atoms with E-state index in [1.165, 1.54) is 23.5 Å². The Kier molecular flexibility index (Phi) is 13.4. The Morgan fingerprint density at radius 2 is 1.37 bits per heavy atom. The molecule has 1 atom stereocenters. The molecule has 1 aliphatic carbocycles. The molecule has 1 heterocycles. The Morgan fingerprint density at radius 1 is 0.789 bits per heavy atom. The van der Waals surface area contributed by atoms with E-state index in [-0.39, 0.29) is 41.6 Å². The normalized spacial score (nSPS) is 17.3. The fourth-order valence-corrected chi connectivity index (χ4v) is 7.50. The molecule has 1 aliphatic rings. The number of hydrogen-bond acceptors (Lipinski definition) is 7. The Hall–Kier alpha value is -4.54. The fraction of sp³-hybridized carbons (Fsp3) is 0.450. The van der Waals surface area contributed by atoms with Gasteiger partial charge in [0.15, 0.2) is 15.6 Å². The molecule has 0 spiro atoms. The zero-order chi connectivity index (χ0) is 41.8. The van der Waals surface area contributed by atoms with E-state index in [0.29, 0.717) is 36.8 Å². The molecule has 1 saturated carbocycles. The first-order valence-electron chi connectivity index (χ1n) is 18.3. The lowest BCUT2D eigenvalue weighted by molar-refractivity contribution is -0.143. The first-order valence-corrected chi connectivity index (χ1v) is 20.4. The van der Waals surface area contributed by atoms with Crippen LogP contribution in [0.4, 0.5) is 51.1 Å². The molecular formula is C40H43F9N4O3S. The van der Waals surface area contributed by atoms with E-state index in [1.54, 1.807) is 0 Å². The smallest absolute Gasteiger partial charge is 0.416 e. The number of nitrogens with zero attached hydrogens (tertiary/aromatic N) is 4. The topological polar surface area (TPSA) is 75.6 Å². The van der Waals surface area contributed by atoms with Crippen molar-refractivity contribution in [1.29, 1.82) is 0 Å². The largest absolute Gasteiger partial charge is 0.489 e. The molecule has 0 amide bonds. The molecule has 0 radical (unpaired) electrons. The fourth-order valence-electron chi connectivity index (χ4n) is 7.12. The number of aromatic nitrogens is 2. The summed E-state index contributed by atoms with van der Waals surface area (Å²) in [6.07, 6.45) is -8.21. The van der Waals surface area contributed by atoms with Gasteiger partial charge in [-0.3, -0.25) is 0 Å². The van der Waals surface area contributed by atoms with E-state index in [0.717, 1.165) is 56.5 Å². The predicted molar refractivity (Wildman–Crippen MR) is 199 cm³/mol. The average molecular weight is 831 g/mol. The van der Waals surface area contributed by atoms with Gasteiger partial charge in [-0.15, -0.1) is 0 Å². The molecule has 0 N–H and O–H groups in total. The number of anilines is 2. The number of ether oxygens (including phenoxy) is 1. The van der Waals surface area contributed by atoms with E-state index in [4.69, 9.17) is 4.74 Å². The van der Waals surface area contributed by atoms with Crippen LogP contribution in [0.5, 0.6) is 5.75 Å². The Bertz CT molecular complexity index is 2020. The number of hydrogen-bond donors (Lipinski definition) is 0. The SMILES string of the molecule is CCN(CC1CCC(c2ccccc2)CC1)c1ccc(C(F)(F)F)cc1CN(c1ncc(OCCS(C)(=O)=O)cn1)C(C)c1cc(C(F)(F)F)cc(C(F)(F)F)c1. The molecular weight excluding hydrogens is 788 g/mol. The van der Waals surface area contributed by atoms with E-state index in [1.807, 2.05) is 30.0 Å². The van der Waals surface area contributed by atoms with E-state index < -0.39 is 63.2 Å². The third kappa shape index (κ3) is 11.8. The summed E-state index contributed by atoms with van der Waals surface area (Å²) in [5, 5.41) is 0. The molecule has 1 aromatic heterocycles. The lowest BCUT2D eigenvalue weighted by atomic mass is 9.78. The average Bonchev–Trinajstić information content (AvgIpc) is 3.15. The molecule has 57 heavy (non-hydrogen) atoms. The summed E-state index contributed by atoms with van der Waals surface area (Å²) < 4.78 is 155. The minimum Gasteiger partial charge on any atom is -0.489 e. The quantitative estimate of drug-likeness (QED) is 0.117. The van der Waals surface area contributed by atoms with E-state index in [2.05, 4.69) is 22.1 Å². The Labute approximate surface area is 325 Å². The van der Waals surface area contributed by atoms with E-state index >= 15 is 0 Å². The van der Waals surface area contributed by atoms with Crippen LogP contribution in [0.1, 0.15) is 84.9 Å². The minimum atomic E-state index is -5.15. The molecule has 0 aliphatic heterocycles. The molecule has 3 aromatic carbocycles. The van der Waals surface area contributed by atoms with Gasteiger partial charge in [0.1, 0.15) is 6.61 Å². The first-order chi connectivity index (χ1) is 26.6. The second-order valence-electron chi connectivity index (χ2n) is 14.3. The molecule has 310 valence electrons. The van der Waals surface area contributed by atoms with Crippen molar-refractivity contribution >= 4 is 21.5 Å². The highest BCUT2D eigenvalue weighted by Crippen LogP contribution is 2.41. The second kappa shape index (κ2) is 17.5. The third-order valence-corrected chi connectivity index (χ3v) is 11.1. The highest BCUT2D eigenvalue weighted by Gasteiger charge is 2.38. The maximum atomic E-state index is 14.2.